The van der Waals surface area contributed by atoms with Crippen molar-refractivity contribution < 1.29 is 19.1 Å². The smallest absolute Gasteiger partial charge is 0.410 e. The second kappa shape index (κ2) is 8.99. The highest BCUT2D eigenvalue weighted by atomic mass is 16.6. The van der Waals surface area contributed by atoms with Crippen LogP contribution in [0.4, 0.5) is 9.59 Å². The van der Waals surface area contributed by atoms with Crippen molar-refractivity contribution in [2.24, 2.45) is 0 Å². The van der Waals surface area contributed by atoms with Gasteiger partial charge in [-0.3, -0.25) is 0 Å². The molecule has 1 aliphatic rings. The molecule has 154 valence electrons. The molecule has 0 saturated carbocycles. The molecule has 1 aliphatic heterocycles. The van der Waals surface area contributed by atoms with Gasteiger partial charge in [0.05, 0.1) is 0 Å². The molecule has 0 atom stereocenters. The van der Waals surface area contributed by atoms with E-state index in [9.17, 15) is 9.59 Å². The molecule has 1 N–H and O–H groups in total. The lowest BCUT2D eigenvalue weighted by Crippen LogP contribution is -2.36. The fourth-order valence-electron chi connectivity index (χ4n) is 3.18. The summed E-state index contributed by atoms with van der Waals surface area (Å²) in [6.07, 6.45) is 0.0355. The number of carbonyl (C=O) groups excluding carboxylic acids is 2. The zero-order valence-corrected chi connectivity index (χ0v) is 17.2. The topological polar surface area (TPSA) is 67.9 Å². The molecule has 3 rings (SSSR count). The van der Waals surface area contributed by atoms with Crippen molar-refractivity contribution in [3.8, 4) is 0 Å². The molecule has 29 heavy (non-hydrogen) atoms. The first kappa shape index (κ1) is 20.7. The molecule has 0 radical (unpaired) electrons. The molecular weight excluding hydrogens is 368 g/mol. The van der Waals surface area contributed by atoms with Crippen LogP contribution in [-0.4, -0.2) is 29.2 Å². The summed E-state index contributed by atoms with van der Waals surface area (Å²) in [7, 11) is 0. The lowest BCUT2D eigenvalue weighted by atomic mass is 9.97. The molecule has 0 spiro atoms. The molecule has 0 unspecified atom stereocenters. The van der Waals surface area contributed by atoms with E-state index >= 15 is 0 Å². The third kappa shape index (κ3) is 6.24. The van der Waals surface area contributed by atoms with Gasteiger partial charge >= 0.3 is 12.2 Å². The number of carbonyl (C=O) groups is 2. The van der Waals surface area contributed by atoms with E-state index in [0.717, 1.165) is 23.1 Å². The van der Waals surface area contributed by atoms with E-state index in [0.29, 0.717) is 19.6 Å². The van der Waals surface area contributed by atoms with Gasteiger partial charge in [0.1, 0.15) is 12.2 Å². The van der Waals surface area contributed by atoms with Crippen molar-refractivity contribution in [3.05, 3.63) is 70.8 Å². The Hall–Kier alpha value is -3.02. The number of fused-ring (bicyclic) bond motifs is 1. The van der Waals surface area contributed by atoms with Crippen LogP contribution in [0.3, 0.4) is 0 Å². The number of alkyl carbamates (subject to hydrolysis) is 1. The molecule has 2 aromatic carbocycles. The van der Waals surface area contributed by atoms with Crippen LogP contribution in [0.25, 0.3) is 0 Å². The summed E-state index contributed by atoms with van der Waals surface area (Å²) >= 11 is 0. The number of rotatable bonds is 4. The predicted octanol–water partition coefficient (Wildman–Crippen LogP) is 4.41. The zero-order valence-electron chi connectivity index (χ0n) is 17.2. The Kier molecular flexibility index (Phi) is 6.42. The van der Waals surface area contributed by atoms with Gasteiger partial charge in [0, 0.05) is 19.6 Å². The first-order chi connectivity index (χ1) is 13.8. The predicted molar refractivity (Wildman–Crippen MR) is 110 cm³/mol. The van der Waals surface area contributed by atoms with E-state index in [1.165, 1.54) is 5.56 Å². The van der Waals surface area contributed by atoms with Crippen molar-refractivity contribution in [1.82, 2.24) is 10.2 Å². The highest BCUT2D eigenvalue weighted by molar-refractivity contribution is 5.68. The SMILES string of the molecule is CC(C)(C)OC(=O)NCc1ccc2c(c1)CN(C(=O)OCc1ccccc1)CC2. The molecule has 0 aliphatic carbocycles. The Morgan fingerprint density at radius 3 is 2.52 bits per heavy atom. The van der Waals surface area contributed by atoms with Gasteiger partial charge < -0.3 is 19.7 Å². The Morgan fingerprint density at radius 1 is 1.03 bits per heavy atom. The Bertz CT molecular complexity index is 859. The van der Waals surface area contributed by atoms with Crippen molar-refractivity contribution in [2.75, 3.05) is 6.54 Å². The fourth-order valence-corrected chi connectivity index (χ4v) is 3.18. The van der Waals surface area contributed by atoms with Crippen LogP contribution < -0.4 is 5.32 Å². The maximum atomic E-state index is 12.4. The summed E-state index contributed by atoms with van der Waals surface area (Å²) in [5.41, 5.74) is 3.71. The molecule has 2 aromatic rings. The number of nitrogens with zero attached hydrogens (tertiary/aromatic N) is 1. The summed E-state index contributed by atoms with van der Waals surface area (Å²) in [5, 5.41) is 2.77. The zero-order chi connectivity index (χ0) is 20.9. The van der Waals surface area contributed by atoms with Crippen LogP contribution in [0.2, 0.25) is 0 Å². The second-order valence-electron chi connectivity index (χ2n) is 8.17. The lowest BCUT2D eigenvalue weighted by molar-refractivity contribution is 0.0523. The lowest BCUT2D eigenvalue weighted by Gasteiger charge is -2.28. The Morgan fingerprint density at radius 2 is 1.79 bits per heavy atom. The maximum Gasteiger partial charge on any atom is 0.410 e. The minimum atomic E-state index is -0.527. The minimum Gasteiger partial charge on any atom is -0.445 e. The van der Waals surface area contributed by atoms with Crippen molar-refractivity contribution in [1.29, 1.82) is 0 Å². The summed E-state index contributed by atoms with van der Waals surface area (Å²) < 4.78 is 10.7. The number of nitrogens with one attached hydrogen (secondary N) is 1. The summed E-state index contributed by atoms with van der Waals surface area (Å²) in [6, 6.07) is 15.7. The molecule has 0 saturated heterocycles. The highest BCUT2D eigenvalue weighted by Crippen LogP contribution is 2.21. The minimum absolute atomic E-state index is 0.267. The highest BCUT2D eigenvalue weighted by Gasteiger charge is 2.22. The third-order valence-electron chi connectivity index (χ3n) is 4.58. The molecule has 0 bridgehead atoms. The van der Waals surface area contributed by atoms with Gasteiger partial charge in [0.15, 0.2) is 0 Å². The number of benzene rings is 2. The fraction of sp³-hybridized carbons (Fsp3) is 0.391. The van der Waals surface area contributed by atoms with Gasteiger partial charge in [-0.2, -0.15) is 0 Å². The number of amides is 2. The average Bonchev–Trinajstić information content (AvgIpc) is 2.69. The number of hydrogen-bond donors (Lipinski definition) is 1. The maximum absolute atomic E-state index is 12.4. The first-order valence-electron chi connectivity index (χ1n) is 9.83. The normalized spacial score (nSPS) is 13.4. The van der Waals surface area contributed by atoms with E-state index in [-0.39, 0.29) is 12.7 Å². The Labute approximate surface area is 171 Å². The largest absolute Gasteiger partial charge is 0.445 e. The number of ether oxygens (including phenoxy) is 2. The van der Waals surface area contributed by atoms with Gasteiger partial charge in [-0.25, -0.2) is 9.59 Å². The van der Waals surface area contributed by atoms with Gasteiger partial charge in [-0.05, 0) is 49.4 Å². The van der Waals surface area contributed by atoms with Crippen LogP contribution in [-0.2, 0) is 35.6 Å². The van der Waals surface area contributed by atoms with Crippen LogP contribution in [0.1, 0.15) is 43.0 Å². The third-order valence-corrected chi connectivity index (χ3v) is 4.58. The van der Waals surface area contributed by atoms with Gasteiger partial charge in [0.2, 0.25) is 0 Å². The Balaban J connectivity index is 1.55. The van der Waals surface area contributed by atoms with Gasteiger partial charge in [-0.1, -0.05) is 48.5 Å². The quantitative estimate of drug-likeness (QED) is 0.831. The standard InChI is InChI=1S/C23H28N2O4/c1-23(2,3)29-21(26)24-14-18-9-10-19-11-12-25(15-20(19)13-18)22(27)28-16-17-7-5-4-6-8-17/h4-10,13H,11-12,14-16H2,1-3H3,(H,24,26). The molecule has 0 fully saturated rings. The second-order valence-corrected chi connectivity index (χ2v) is 8.17. The summed E-state index contributed by atoms with van der Waals surface area (Å²) in [5.74, 6) is 0. The average molecular weight is 396 g/mol. The monoisotopic (exact) mass is 396 g/mol. The number of hydrogen-bond acceptors (Lipinski definition) is 4. The van der Waals surface area contributed by atoms with Gasteiger partial charge in [0.25, 0.3) is 0 Å². The van der Waals surface area contributed by atoms with Crippen LogP contribution in [0.15, 0.2) is 48.5 Å². The van der Waals surface area contributed by atoms with Crippen molar-refractivity contribution >= 4 is 12.2 Å². The van der Waals surface area contributed by atoms with Crippen molar-refractivity contribution in [2.45, 2.75) is 52.5 Å². The molecule has 1 heterocycles. The van der Waals surface area contributed by atoms with Crippen LogP contribution in [0, 0.1) is 0 Å². The molecule has 2 amide bonds. The van der Waals surface area contributed by atoms with Crippen LogP contribution >= 0.6 is 0 Å². The summed E-state index contributed by atoms with van der Waals surface area (Å²) in [4.78, 5) is 26.0. The van der Waals surface area contributed by atoms with E-state index in [1.54, 1.807) is 4.90 Å². The first-order valence-corrected chi connectivity index (χ1v) is 9.83. The van der Waals surface area contributed by atoms with E-state index < -0.39 is 11.7 Å². The molecule has 0 aromatic heterocycles. The molecular formula is C23H28N2O4. The van der Waals surface area contributed by atoms with Crippen molar-refractivity contribution in [3.63, 3.8) is 0 Å². The summed E-state index contributed by atoms with van der Waals surface area (Å²) in [6.45, 7) is 7.27. The van der Waals surface area contributed by atoms with E-state index in [4.69, 9.17) is 9.47 Å². The van der Waals surface area contributed by atoms with E-state index in [2.05, 4.69) is 11.4 Å². The van der Waals surface area contributed by atoms with Gasteiger partial charge in [-0.15, -0.1) is 0 Å². The molecule has 6 nitrogen and oxygen atoms in total. The van der Waals surface area contributed by atoms with Crippen LogP contribution in [0.5, 0.6) is 0 Å². The van der Waals surface area contributed by atoms with E-state index in [1.807, 2.05) is 63.2 Å². The molecule has 6 heteroatoms.